The monoisotopic (exact) mass is 301 g/mol. The largest absolute Gasteiger partial charge is 0.494 e. The van der Waals surface area contributed by atoms with Gasteiger partial charge >= 0.3 is 0 Å². The van der Waals surface area contributed by atoms with Crippen molar-refractivity contribution in [3.8, 4) is 5.75 Å². The van der Waals surface area contributed by atoms with E-state index >= 15 is 0 Å². The van der Waals surface area contributed by atoms with Crippen LogP contribution in [0.1, 0.15) is 38.2 Å². The molecule has 120 valence electrons. The van der Waals surface area contributed by atoms with Crippen molar-refractivity contribution in [1.29, 1.82) is 0 Å². The summed E-state index contributed by atoms with van der Waals surface area (Å²) in [6.45, 7) is 5.01. The highest BCUT2D eigenvalue weighted by Gasteiger charge is 2.10. The van der Waals surface area contributed by atoms with Crippen molar-refractivity contribution in [3.63, 3.8) is 0 Å². The summed E-state index contributed by atoms with van der Waals surface area (Å²) in [6.07, 6.45) is 7.91. The van der Waals surface area contributed by atoms with E-state index in [0.717, 1.165) is 62.3 Å². The van der Waals surface area contributed by atoms with Crippen LogP contribution in [0.15, 0.2) is 35.5 Å². The Kier molecular flexibility index (Phi) is 6.97. The lowest BCUT2D eigenvalue weighted by Crippen LogP contribution is -2.29. The third-order valence-electron chi connectivity index (χ3n) is 3.85. The van der Waals surface area contributed by atoms with Gasteiger partial charge in [0.15, 0.2) is 0 Å². The molecule has 1 aliphatic heterocycles. The molecule has 1 aromatic rings. The van der Waals surface area contributed by atoms with Crippen molar-refractivity contribution < 1.29 is 4.74 Å². The van der Waals surface area contributed by atoms with Gasteiger partial charge in [0.05, 0.1) is 12.6 Å². The molecule has 0 bridgehead atoms. The van der Waals surface area contributed by atoms with E-state index in [0.29, 0.717) is 6.04 Å². The molecule has 0 unspecified atom stereocenters. The lowest BCUT2D eigenvalue weighted by atomic mass is 10.1. The predicted octanol–water partition coefficient (Wildman–Crippen LogP) is 2.99. The second-order valence-corrected chi connectivity index (χ2v) is 5.61. The Morgan fingerprint density at radius 3 is 2.95 bits per heavy atom. The minimum atomic E-state index is 0.403. The first-order valence-electron chi connectivity index (χ1n) is 8.22. The van der Waals surface area contributed by atoms with Crippen LogP contribution in [0.4, 0.5) is 0 Å². The van der Waals surface area contributed by atoms with Crippen molar-refractivity contribution in [3.05, 3.63) is 36.0 Å². The Morgan fingerprint density at radius 1 is 1.41 bits per heavy atom. The average Bonchev–Trinajstić information content (AvgIpc) is 2.57. The number of nitrogens with two attached hydrogens (primary N) is 1. The smallest absolute Gasteiger partial charge is 0.119 e. The summed E-state index contributed by atoms with van der Waals surface area (Å²) < 4.78 is 5.76. The molecule has 1 aliphatic rings. The lowest BCUT2D eigenvalue weighted by molar-refractivity contribution is 0.309. The second kappa shape index (κ2) is 9.26. The number of nitrogens with zero attached hydrogens (tertiary/aromatic N) is 1. The SMILES string of the molecule is CCCCOc1cccc(/C(C=NC2CCNCC2)=C/N)c1. The summed E-state index contributed by atoms with van der Waals surface area (Å²) in [5, 5.41) is 3.35. The summed E-state index contributed by atoms with van der Waals surface area (Å²) in [5.41, 5.74) is 7.78. The molecule has 0 amide bonds. The maximum atomic E-state index is 5.79. The van der Waals surface area contributed by atoms with Crippen molar-refractivity contribution in [2.45, 2.75) is 38.6 Å². The zero-order valence-electron chi connectivity index (χ0n) is 13.4. The van der Waals surface area contributed by atoms with Crippen LogP contribution >= 0.6 is 0 Å². The maximum Gasteiger partial charge on any atom is 0.119 e. The second-order valence-electron chi connectivity index (χ2n) is 5.61. The van der Waals surface area contributed by atoms with Crippen LogP contribution in [0.5, 0.6) is 5.75 Å². The summed E-state index contributed by atoms with van der Waals surface area (Å²) in [6, 6.07) is 8.46. The van der Waals surface area contributed by atoms with E-state index in [1.54, 1.807) is 6.20 Å². The van der Waals surface area contributed by atoms with Crippen LogP contribution in [-0.4, -0.2) is 32.0 Å². The summed E-state index contributed by atoms with van der Waals surface area (Å²) >= 11 is 0. The molecular formula is C18H27N3O. The molecule has 1 saturated heterocycles. The summed E-state index contributed by atoms with van der Waals surface area (Å²) in [5.74, 6) is 0.889. The minimum Gasteiger partial charge on any atom is -0.494 e. The topological polar surface area (TPSA) is 59.6 Å². The Balaban J connectivity index is 2.00. The van der Waals surface area contributed by atoms with E-state index in [1.807, 2.05) is 30.5 Å². The number of nitrogens with one attached hydrogen (secondary N) is 1. The van der Waals surface area contributed by atoms with Gasteiger partial charge in [-0.15, -0.1) is 0 Å². The highest BCUT2D eigenvalue weighted by molar-refractivity contribution is 6.09. The number of allylic oxidation sites excluding steroid dienone is 1. The molecule has 0 aromatic heterocycles. The van der Waals surface area contributed by atoms with Gasteiger partial charge in [-0.05, 0) is 50.0 Å². The molecule has 0 atom stereocenters. The van der Waals surface area contributed by atoms with Crippen LogP contribution in [-0.2, 0) is 0 Å². The Bertz CT molecular complexity index is 505. The van der Waals surface area contributed by atoms with Crippen molar-refractivity contribution in [2.75, 3.05) is 19.7 Å². The zero-order valence-corrected chi connectivity index (χ0v) is 13.4. The number of rotatable bonds is 7. The van der Waals surface area contributed by atoms with E-state index in [1.165, 1.54) is 0 Å². The fourth-order valence-electron chi connectivity index (χ4n) is 2.46. The molecule has 0 spiro atoms. The van der Waals surface area contributed by atoms with E-state index < -0.39 is 0 Å². The van der Waals surface area contributed by atoms with Gasteiger partial charge in [0, 0.05) is 18.0 Å². The van der Waals surface area contributed by atoms with Gasteiger partial charge in [0.25, 0.3) is 0 Å². The standard InChI is InChI=1S/C18H27N3O/c1-2-3-11-22-18-6-4-5-15(12-18)16(13-19)14-21-17-7-9-20-10-8-17/h4-6,12-14,17,20H,2-3,7-11,19H2,1H3/b16-13+,21-14?. The normalized spacial score (nSPS) is 17.0. The highest BCUT2D eigenvalue weighted by Crippen LogP contribution is 2.19. The van der Waals surface area contributed by atoms with E-state index in [-0.39, 0.29) is 0 Å². The number of piperidine rings is 1. The van der Waals surface area contributed by atoms with Gasteiger partial charge in [-0.1, -0.05) is 25.5 Å². The molecule has 0 saturated carbocycles. The summed E-state index contributed by atoms with van der Waals surface area (Å²) in [4.78, 5) is 4.68. The molecule has 0 radical (unpaired) electrons. The number of benzene rings is 1. The van der Waals surface area contributed by atoms with Crippen molar-refractivity contribution in [1.82, 2.24) is 5.32 Å². The maximum absolute atomic E-state index is 5.79. The molecule has 0 aliphatic carbocycles. The highest BCUT2D eigenvalue weighted by atomic mass is 16.5. The lowest BCUT2D eigenvalue weighted by Gasteiger charge is -2.18. The molecule has 1 aromatic carbocycles. The van der Waals surface area contributed by atoms with Crippen molar-refractivity contribution >= 4 is 11.8 Å². The number of aliphatic imine (C=N–C) groups is 1. The first-order valence-corrected chi connectivity index (χ1v) is 8.22. The van der Waals surface area contributed by atoms with Crippen molar-refractivity contribution in [2.24, 2.45) is 10.7 Å². The van der Waals surface area contributed by atoms with Crippen LogP contribution in [0.25, 0.3) is 5.57 Å². The molecule has 3 N–H and O–H groups in total. The number of unbranched alkanes of at least 4 members (excludes halogenated alkanes) is 1. The molecular weight excluding hydrogens is 274 g/mol. The number of hydrogen-bond donors (Lipinski definition) is 2. The van der Waals surface area contributed by atoms with Gasteiger partial charge < -0.3 is 15.8 Å². The quantitative estimate of drug-likeness (QED) is 0.601. The summed E-state index contributed by atoms with van der Waals surface area (Å²) in [7, 11) is 0. The van der Waals surface area contributed by atoms with Gasteiger partial charge in [-0.3, -0.25) is 4.99 Å². The van der Waals surface area contributed by atoms with E-state index in [9.17, 15) is 0 Å². The average molecular weight is 301 g/mol. The fourth-order valence-corrected chi connectivity index (χ4v) is 2.46. The first kappa shape index (κ1) is 16.6. The van der Waals surface area contributed by atoms with Gasteiger partial charge in [0.1, 0.15) is 5.75 Å². The molecule has 1 heterocycles. The number of ether oxygens (including phenoxy) is 1. The molecule has 22 heavy (non-hydrogen) atoms. The van der Waals surface area contributed by atoms with Crippen LogP contribution in [0, 0.1) is 0 Å². The third kappa shape index (κ3) is 5.19. The molecule has 2 rings (SSSR count). The van der Waals surface area contributed by atoms with E-state index in [2.05, 4.69) is 17.2 Å². The Hall–Kier alpha value is -1.81. The van der Waals surface area contributed by atoms with Crippen LogP contribution in [0.3, 0.4) is 0 Å². The Labute approximate surface area is 133 Å². The van der Waals surface area contributed by atoms with Gasteiger partial charge in [0.2, 0.25) is 0 Å². The molecule has 4 nitrogen and oxygen atoms in total. The zero-order chi connectivity index (χ0) is 15.6. The van der Waals surface area contributed by atoms with Crippen LogP contribution in [0.2, 0.25) is 0 Å². The predicted molar refractivity (Wildman–Crippen MR) is 93.4 cm³/mol. The van der Waals surface area contributed by atoms with Gasteiger partial charge in [-0.25, -0.2) is 0 Å². The first-order chi connectivity index (χ1) is 10.8. The van der Waals surface area contributed by atoms with Crippen LogP contribution < -0.4 is 15.8 Å². The Morgan fingerprint density at radius 2 is 2.23 bits per heavy atom. The van der Waals surface area contributed by atoms with Gasteiger partial charge in [-0.2, -0.15) is 0 Å². The molecule has 4 heteroatoms. The van der Waals surface area contributed by atoms with E-state index in [4.69, 9.17) is 10.5 Å². The molecule has 1 fully saturated rings. The minimum absolute atomic E-state index is 0.403. The third-order valence-corrected chi connectivity index (χ3v) is 3.85. The number of hydrogen-bond acceptors (Lipinski definition) is 4. The fraction of sp³-hybridized carbons (Fsp3) is 0.500.